The zero-order valence-electron chi connectivity index (χ0n) is 18.2. The molecule has 1 saturated carbocycles. The number of halogens is 1. The molecule has 3 N–H and O–H groups in total. The highest BCUT2D eigenvalue weighted by Crippen LogP contribution is 2.43. The molecular weight excluding hydrogens is 367 g/mol. The summed E-state index contributed by atoms with van der Waals surface area (Å²) in [5.41, 5.74) is 0.0587. The van der Waals surface area contributed by atoms with E-state index in [9.17, 15) is 4.39 Å². The monoisotopic (exact) mass is 408 g/mol. The first-order chi connectivity index (χ1) is 14.2. The molecule has 7 unspecified atom stereocenters. The Balaban J connectivity index is 1.47. The summed E-state index contributed by atoms with van der Waals surface area (Å²) >= 11 is 0. The predicted molar refractivity (Wildman–Crippen MR) is 114 cm³/mol. The van der Waals surface area contributed by atoms with Crippen LogP contribution in [-0.2, 0) is 4.74 Å². The maximum Gasteiger partial charge on any atom is 0.101 e. The van der Waals surface area contributed by atoms with E-state index in [4.69, 9.17) is 4.74 Å². The second-order valence-corrected chi connectivity index (χ2v) is 10.2. The van der Waals surface area contributed by atoms with Gasteiger partial charge in [0.05, 0.1) is 11.8 Å². The summed E-state index contributed by atoms with van der Waals surface area (Å²) in [6.07, 6.45) is 10.1. The van der Waals surface area contributed by atoms with Gasteiger partial charge in [-0.3, -0.25) is 10.2 Å². The lowest BCUT2D eigenvalue weighted by molar-refractivity contribution is -0.0861. The van der Waals surface area contributed by atoms with Crippen molar-refractivity contribution in [3.8, 4) is 0 Å². The van der Waals surface area contributed by atoms with Gasteiger partial charge in [-0.25, -0.2) is 4.39 Å². The highest BCUT2D eigenvalue weighted by Gasteiger charge is 2.52. The van der Waals surface area contributed by atoms with E-state index in [1.165, 1.54) is 32.1 Å². The van der Waals surface area contributed by atoms with Crippen molar-refractivity contribution in [1.82, 2.24) is 20.9 Å². The van der Waals surface area contributed by atoms with Gasteiger partial charge in [-0.1, -0.05) is 6.92 Å². The van der Waals surface area contributed by atoms with Crippen LogP contribution >= 0.6 is 0 Å². The van der Waals surface area contributed by atoms with E-state index < -0.39 is 6.17 Å². The third-order valence-corrected chi connectivity index (χ3v) is 8.79. The normalized spacial score (nSPS) is 49.2. The highest BCUT2D eigenvalue weighted by molar-refractivity contribution is 5.09. The lowest BCUT2D eigenvalue weighted by Gasteiger charge is -2.56. The van der Waals surface area contributed by atoms with Gasteiger partial charge >= 0.3 is 0 Å². The Kier molecular flexibility index (Phi) is 6.18. The minimum Gasteiger partial charge on any atom is -0.378 e. The van der Waals surface area contributed by atoms with Gasteiger partial charge in [0.1, 0.15) is 6.17 Å². The van der Waals surface area contributed by atoms with Crippen molar-refractivity contribution in [3.05, 3.63) is 0 Å². The zero-order chi connectivity index (χ0) is 19.8. The standard InChI is InChI=1S/C23H41FN4O/c1-2-23-10-8-18-22(27-23)19(9-12-26-18)25-11-4-14-29-21-7-6-16(24)15-17(21)20-5-3-13-28(20)23/h16-22,25-27H,2-15H2,1H3/t16?,17?,18?,19?,20-,21?,22?,23?/m1/s1. The fourth-order valence-corrected chi connectivity index (χ4v) is 7.31. The van der Waals surface area contributed by atoms with E-state index in [1.807, 2.05) is 0 Å². The van der Waals surface area contributed by atoms with Crippen LogP contribution in [0.4, 0.5) is 4.39 Å². The molecule has 4 aliphatic heterocycles. The Morgan fingerprint density at radius 1 is 1.03 bits per heavy atom. The molecule has 5 aliphatic rings. The Bertz CT molecular complexity index is 565. The van der Waals surface area contributed by atoms with Crippen molar-refractivity contribution in [2.24, 2.45) is 5.92 Å². The molecule has 5 nitrogen and oxygen atoms in total. The van der Waals surface area contributed by atoms with E-state index in [2.05, 4.69) is 27.8 Å². The molecule has 0 spiro atoms. The Hall–Kier alpha value is -0.270. The summed E-state index contributed by atoms with van der Waals surface area (Å²) in [7, 11) is 0. The zero-order valence-corrected chi connectivity index (χ0v) is 18.2. The van der Waals surface area contributed by atoms with E-state index in [1.54, 1.807) is 0 Å². The summed E-state index contributed by atoms with van der Waals surface area (Å²) < 4.78 is 20.9. The van der Waals surface area contributed by atoms with Gasteiger partial charge in [0.2, 0.25) is 0 Å². The third-order valence-electron chi connectivity index (χ3n) is 8.79. The topological polar surface area (TPSA) is 48.6 Å². The number of nitrogens with one attached hydrogen (secondary N) is 3. The van der Waals surface area contributed by atoms with E-state index in [-0.39, 0.29) is 11.8 Å². The number of piperidine rings is 2. The predicted octanol–water partition coefficient (Wildman–Crippen LogP) is 2.56. The minimum absolute atomic E-state index is 0.0587. The van der Waals surface area contributed by atoms with Crippen LogP contribution in [-0.4, -0.2) is 73.2 Å². The summed E-state index contributed by atoms with van der Waals surface area (Å²) in [5, 5.41) is 11.9. The van der Waals surface area contributed by atoms with Crippen LogP contribution in [0.5, 0.6) is 0 Å². The SMILES string of the molecule is CCC12CCC3NCCC(NCCCOC4CCC(F)CC4[C@H]4CCCN41)C3N2. The molecule has 0 aromatic carbocycles. The number of nitrogens with zero attached hydrogens (tertiary/aromatic N) is 1. The second-order valence-electron chi connectivity index (χ2n) is 10.2. The largest absolute Gasteiger partial charge is 0.378 e. The maximum atomic E-state index is 14.5. The van der Waals surface area contributed by atoms with E-state index in [0.29, 0.717) is 42.9 Å². The maximum absolute atomic E-state index is 14.5. The lowest BCUT2D eigenvalue weighted by atomic mass is 9.77. The molecule has 5 fully saturated rings. The van der Waals surface area contributed by atoms with Gasteiger partial charge in [-0.05, 0) is 77.3 Å². The Morgan fingerprint density at radius 3 is 2.79 bits per heavy atom. The van der Waals surface area contributed by atoms with E-state index >= 15 is 0 Å². The van der Waals surface area contributed by atoms with Crippen LogP contribution in [0.3, 0.4) is 0 Å². The number of hydrogen-bond acceptors (Lipinski definition) is 5. The van der Waals surface area contributed by atoms with Crippen LogP contribution < -0.4 is 16.0 Å². The first kappa shape index (κ1) is 20.6. The molecule has 29 heavy (non-hydrogen) atoms. The fourth-order valence-electron chi connectivity index (χ4n) is 7.31. The van der Waals surface area contributed by atoms with Crippen LogP contribution in [0.15, 0.2) is 0 Å². The van der Waals surface area contributed by atoms with Crippen molar-refractivity contribution in [2.45, 2.75) is 113 Å². The van der Waals surface area contributed by atoms with Crippen molar-refractivity contribution >= 4 is 0 Å². The lowest BCUT2D eigenvalue weighted by Crippen LogP contribution is -2.75. The van der Waals surface area contributed by atoms with Crippen LogP contribution in [0.2, 0.25) is 0 Å². The Morgan fingerprint density at radius 2 is 1.90 bits per heavy atom. The molecule has 1 aliphatic carbocycles. The molecule has 8 atom stereocenters. The van der Waals surface area contributed by atoms with Gasteiger partial charge in [0, 0.05) is 43.2 Å². The molecular formula is C23H41FN4O. The van der Waals surface area contributed by atoms with Crippen LogP contribution in [0, 0.1) is 5.92 Å². The molecule has 0 radical (unpaired) electrons. The first-order valence-electron chi connectivity index (χ1n) is 12.5. The van der Waals surface area contributed by atoms with Crippen LogP contribution in [0.25, 0.3) is 0 Å². The molecule has 0 aromatic rings. The first-order valence-corrected chi connectivity index (χ1v) is 12.5. The Labute approximate surface area is 175 Å². The van der Waals surface area contributed by atoms with Gasteiger partial charge < -0.3 is 15.4 Å². The van der Waals surface area contributed by atoms with Crippen molar-refractivity contribution in [2.75, 3.05) is 26.2 Å². The van der Waals surface area contributed by atoms with Crippen molar-refractivity contribution in [1.29, 1.82) is 0 Å². The quantitative estimate of drug-likeness (QED) is 0.623. The van der Waals surface area contributed by atoms with Crippen LogP contribution in [0.1, 0.15) is 71.1 Å². The number of alkyl halides is 1. The fraction of sp³-hybridized carbons (Fsp3) is 1.00. The molecule has 2 bridgehead atoms. The minimum atomic E-state index is -0.646. The summed E-state index contributed by atoms with van der Waals surface area (Å²) in [6.45, 7) is 6.44. The summed E-state index contributed by atoms with van der Waals surface area (Å²) in [4.78, 5) is 2.78. The van der Waals surface area contributed by atoms with Gasteiger partial charge in [-0.2, -0.15) is 0 Å². The van der Waals surface area contributed by atoms with Gasteiger partial charge in [0.15, 0.2) is 0 Å². The van der Waals surface area contributed by atoms with Crippen molar-refractivity contribution < 1.29 is 9.13 Å². The van der Waals surface area contributed by atoms with Gasteiger partial charge in [-0.15, -0.1) is 0 Å². The average molecular weight is 409 g/mol. The number of fused-ring (bicyclic) bond motifs is 5. The summed E-state index contributed by atoms with van der Waals surface area (Å²) in [5.74, 6) is 0.346. The molecule has 4 heterocycles. The molecule has 5 rings (SSSR count). The smallest absolute Gasteiger partial charge is 0.101 e. The molecule has 4 saturated heterocycles. The van der Waals surface area contributed by atoms with E-state index in [0.717, 1.165) is 45.5 Å². The molecule has 0 amide bonds. The number of hydrogen-bond donors (Lipinski definition) is 3. The van der Waals surface area contributed by atoms with Gasteiger partial charge in [0.25, 0.3) is 0 Å². The average Bonchev–Trinajstić information content (AvgIpc) is 3.24. The second kappa shape index (κ2) is 8.70. The number of rotatable bonds is 1. The van der Waals surface area contributed by atoms with Crippen molar-refractivity contribution in [3.63, 3.8) is 0 Å². The molecule has 0 aromatic heterocycles. The third kappa shape index (κ3) is 3.89. The molecule has 6 heteroatoms. The number of ether oxygens (including phenoxy) is 1. The molecule has 166 valence electrons. The summed E-state index contributed by atoms with van der Waals surface area (Å²) in [6, 6.07) is 2.05. The highest BCUT2D eigenvalue weighted by atomic mass is 19.1.